The topological polar surface area (TPSA) is 58.9 Å². The lowest BCUT2D eigenvalue weighted by molar-refractivity contribution is 0.392. The third-order valence-electron chi connectivity index (χ3n) is 1.90. The molecular weight excluding hydrogens is 204 g/mol. The third-order valence-corrected chi connectivity index (χ3v) is 2.21. The van der Waals surface area contributed by atoms with Gasteiger partial charge >= 0.3 is 0 Å². The third kappa shape index (κ3) is 1.33. The fraction of sp³-hybridized carbons (Fsp3) is 0.111. The number of nitrogens with zero attached hydrogens (tertiary/aromatic N) is 1. The molecule has 72 valence electrons. The second-order valence-corrected chi connectivity index (χ2v) is 3.16. The smallest absolute Gasteiger partial charge is 0.288 e. The summed E-state index contributed by atoms with van der Waals surface area (Å²) in [7, 11) is 0. The van der Waals surface area contributed by atoms with Crippen LogP contribution in [0.4, 0.5) is 0 Å². The zero-order chi connectivity index (χ0) is 10.1. The zero-order valence-electron chi connectivity index (χ0n) is 7.37. The van der Waals surface area contributed by atoms with E-state index in [1.165, 1.54) is 0 Å². The van der Waals surface area contributed by atoms with Gasteiger partial charge in [-0.2, -0.15) is 5.16 Å². The SMILES string of the molecule is Cc1o[nH]c(=O)c1-c1cccnc1Cl. The summed E-state index contributed by atoms with van der Waals surface area (Å²) in [6, 6.07) is 3.44. The van der Waals surface area contributed by atoms with Crippen LogP contribution in [-0.2, 0) is 0 Å². The molecule has 0 radical (unpaired) electrons. The van der Waals surface area contributed by atoms with E-state index in [0.29, 0.717) is 22.0 Å². The fourth-order valence-corrected chi connectivity index (χ4v) is 1.48. The summed E-state index contributed by atoms with van der Waals surface area (Å²) in [6.45, 7) is 1.69. The number of pyridine rings is 1. The van der Waals surface area contributed by atoms with Crippen molar-refractivity contribution in [2.75, 3.05) is 0 Å². The molecule has 0 spiro atoms. The van der Waals surface area contributed by atoms with Gasteiger partial charge in [-0.25, -0.2) is 4.98 Å². The Bertz CT molecular complexity index is 516. The molecule has 4 nitrogen and oxygen atoms in total. The monoisotopic (exact) mass is 210 g/mol. The Morgan fingerprint density at radius 3 is 2.93 bits per heavy atom. The van der Waals surface area contributed by atoms with Crippen molar-refractivity contribution in [2.24, 2.45) is 0 Å². The highest BCUT2D eigenvalue weighted by atomic mass is 35.5. The molecule has 0 aliphatic carbocycles. The number of hydrogen-bond acceptors (Lipinski definition) is 3. The Morgan fingerprint density at radius 1 is 1.57 bits per heavy atom. The zero-order valence-corrected chi connectivity index (χ0v) is 8.13. The van der Waals surface area contributed by atoms with Gasteiger partial charge in [-0.3, -0.25) is 4.79 Å². The Balaban J connectivity index is 2.72. The summed E-state index contributed by atoms with van der Waals surface area (Å²) >= 11 is 5.85. The largest absolute Gasteiger partial charge is 0.383 e. The molecule has 0 unspecified atom stereocenters. The molecule has 0 saturated carbocycles. The van der Waals surface area contributed by atoms with Gasteiger partial charge in [-0.15, -0.1) is 0 Å². The Labute approximate surface area is 84.5 Å². The van der Waals surface area contributed by atoms with Crippen molar-refractivity contribution in [2.45, 2.75) is 6.92 Å². The van der Waals surface area contributed by atoms with Crippen LogP contribution in [0.5, 0.6) is 0 Å². The second kappa shape index (κ2) is 3.31. The number of aryl methyl sites for hydroxylation is 1. The van der Waals surface area contributed by atoms with Crippen molar-refractivity contribution >= 4 is 11.6 Å². The molecule has 0 aromatic carbocycles. The van der Waals surface area contributed by atoms with Gasteiger partial charge in [0.05, 0.1) is 5.56 Å². The highest BCUT2D eigenvalue weighted by molar-refractivity contribution is 6.32. The van der Waals surface area contributed by atoms with E-state index in [2.05, 4.69) is 10.1 Å². The predicted octanol–water partition coefficient (Wildman–Crippen LogP) is 1.99. The first-order valence-electron chi connectivity index (χ1n) is 3.99. The molecule has 2 heterocycles. The van der Waals surface area contributed by atoms with E-state index >= 15 is 0 Å². The maximum atomic E-state index is 11.4. The van der Waals surface area contributed by atoms with Crippen molar-refractivity contribution in [3.05, 3.63) is 39.6 Å². The Morgan fingerprint density at radius 2 is 2.36 bits per heavy atom. The van der Waals surface area contributed by atoms with Gasteiger partial charge in [0, 0.05) is 11.8 Å². The van der Waals surface area contributed by atoms with Crippen molar-refractivity contribution in [3.63, 3.8) is 0 Å². The van der Waals surface area contributed by atoms with Gasteiger partial charge in [0.1, 0.15) is 10.9 Å². The minimum Gasteiger partial charge on any atom is -0.383 e. The highest BCUT2D eigenvalue weighted by Gasteiger charge is 2.14. The molecule has 1 N–H and O–H groups in total. The van der Waals surface area contributed by atoms with Gasteiger partial charge in [-0.05, 0) is 19.1 Å². The minimum atomic E-state index is -0.294. The van der Waals surface area contributed by atoms with Gasteiger partial charge in [0.25, 0.3) is 5.56 Å². The van der Waals surface area contributed by atoms with Gasteiger partial charge < -0.3 is 4.52 Å². The van der Waals surface area contributed by atoms with E-state index in [-0.39, 0.29) is 5.56 Å². The maximum absolute atomic E-state index is 11.4. The van der Waals surface area contributed by atoms with Crippen molar-refractivity contribution in [3.8, 4) is 11.1 Å². The van der Waals surface area contributed by atoms with Gasteiger partial charge in [0.15, 0.2) is 0 Å². The molecule has 0 fully saturated rings. The number of aromatic amines is 1. The number of hydrogen-bond donors (Lipinski definition) is 1. The predicted molar refractivity (Wildman–Crippen MR) is 52.3 cm³/mol. The van der Waals surface area contributed by atoms with Crippen molar-refractivity contribution < 1.29 is 4.52 Å². The van der Waals surface area contributed by atoms with Crippen LogP contribution >= 0.6 is 11.6 Å². The molecular formula is C9H7ClN2O2. The molecule has 0 aliphatic heterocycles. The van der Waals surface area contributed by atoms with Crippen molar-refractivity contribution in [1.29, 1.82) is 0 Å². The normalized spacial score (nSPS) is 10.4. The standard InChI is InChI=1S/C9H7ClN2O2/c1-5-7(9(13)12-14-5)6-3-2-4-11-8(6)10/h2-4H,1H3,(H,12,13). The molecule has 0 atom stereocenters. The highest BCUT2D eigenvalue weighted by Crippen LogP contribution is 2.25. The summed E-state index contributed by atoms with van der Waals surface area (Å²) in [4.78, 5) is 15.2. The van der Waals surface area contributed by atoms with Crippen LogP contribution in [0.3, 0.4) is 0 Å². The molecule has 0 aliphatic rings. The lowest BCUT2D eigenvalue weighted by atomic mass is 10.1. The maximum Gasteiger partial charge on any atom is 0.288 e. The second-order valence-electron chi connectivity index (χ2n) is 2.81. The van der Waals surface area contributed by atoms with E-state index in [1.807, 2.05) is 0 Å². The van der Waals surface area contributed by atoms with E-state index in [0.717, 1.165) is 0 Å². The molecule has 2 aromatic heterocycles. The summed E-state index contributed by atoms with van der Waals surface area (Å²) in [6.07, 6.45) is 1.56. The van der Waals surface area contributed by atoms with Crippen LogP contribution in [0.25, 0.3) is 11.1 Å². The van der Waals surface area contributed by atoms with E-state index < -0.39 is 0 Å². The molecule has 2 aromatic rings. The summed E-state index contributed by atoms with van der Waals surface area (Å²) in [5, 5.41) is 2.54. The van der Waals surface area contributed by atoms with Crippen molar-refractivity contribution in [1.82, 2.24) is 10.1 Å². The van der Waals surface area contributed by atoms with Gasteiger partial charge in [0.2, 0.25) is 0 Å². The van der Waals surface area contributed by atoms with Crippen LogP contribution in [0.2, 0.25) is 5.15 Å². The summed E-state index contributed by atoms with van der Waals surface area (Å²) in [5.41, 5.74) is 0.724. The minimum absolute atomic E-state index is 0.294. The number of halogens is 1. The quantitative estimate of drug-likeness (QED) is 0.733. The average Bonchev–Trinajstić information content (AvgIpc) is 2.48. The van der Waals surface area contributed by atoms with Gasteiger partial charge in [-0.1, -0.05) is 11.6 Å². The van der Waals surface area contributed by atoms with Crippen LogP contribution in [0.1, 0.15) is 5.76 Å². The van der Waals surface area contributed by atoms with E-state index in [9.17, 15) is 4.79 Å². The molecule has 0 bridgehead atoms. The first kappa shape index (κ1) is 9.02. The van der Waals surface area contributed by atoms with Crippen LogP contribution in [-0.4, -0.2) is 10.1 Å². The summed E-state index contributed by atoms with van der Waals surface area (Å²) < 4.78 is 4.88. The van der Waals surface area contributed by atoms with E-state index in [4.69, 9.17) is 16.1 Å². The van der Waals surface area contributed by atoms with Crippen LogP contribution in [0.15, 0.2) is 27.6 Å². The summed E-state index contributed by atoms with van der Waals surface area (Å²) in [5.74, 6) is 0.505. The van der Waals surface area contributed by atoms with Crippen LogP contribution < -0.4 is 5.56 Å². The molecule has 0 saturated heterocycles. The van der Waals surface area contributed by atoms with Crippen LogP contribution in [0, 0.1) is 6.92 Å². The lowest BCUT2D eigenvalue weighted by Gasteiger charge is -1.98. The molecule has 5 heteroatoms. The van der Waals surface area contributed by atoms with E-state index in [1.54, 1.807) is 25.3 Å². The fourth-order valence-electron chi connectivity index (χ4n) is 1.27. The Hall–Kier alpha value is -1.55. The first-order valence-corrected chi connectivity index (χ1v) is 4.37. The number of rotatable bonds is 1. The number of H-pyrrole nitrogens is 1. The molecule has 2 rings (SSSR count). The number of aromatic nitrogens is 2. The molecule has 14 heavy (non-hydrogen) atoms. The first-order chi connectivity index (χ1) is 6.70. The molecule has 0 amide bonds. The Kier molecular flexibility index (Phi) is 2.13. The average molecular weight is 211 g/mol. The number of nitrogens with one attached hydrogen (secondary N) is 1. The lowest BCUT2D eigenvalue weighted by Crippen LogP contribution is -2.02.